The van der Waals surface area contributed by atoms with E-state index in [0.717, 1.165) is 17.2 Å². The Morgan fingerprint density at radius 1 is 1.36 bits per heavy atom. The number of fused-ring (bicyclic) bond motifs is 1. The van der Waals surface area contributed by atoms with Gasteiger partial charge in [-0.2, -0.15) is 0 Å². The third-order valence-electron chi connectivity index (χ3n) is 1.45. The second-order valence-corrected chi connectivity index (χ2v) is 2.18. The minimum atomic E-state index is 0.722. The average molecular weight is 149 g/mol. The van der Waals surface area contributed by atoms with Crippen molar-refractivity contribution in [1.29, 1.82) is 0 Å². The van der Waals surface area contributed by atoms with Gasteiger partial charge in [0, 0.05) is 0 Å². The highest BCUT2D eigenvalue weighted by Crippen LogP contribution is 2.24. The van der Waals surface area contributed by atoms with Crippen molar-refractivity contribution in [3.8, 4) is 0 Å². The Morgan fingerprint density at radius 2 is 2.27 bits per heavy atom. The summed E-state index contributed by atoms with van der Waals surface area (Å²) in [7, 11) is 0. The van der Waals surface area contributed by atoms with Gasteiger partial charge in [0.2, 0.25) is 0 Å². The predicted molar refractivity (Wildman–Crippen MR) is 41.7 cm³/mol. The molecule has 5 heteroatoms. The second-order valence-electron chi connectivity index (χ2n) is 2.18. The van der Waals surface area contributed by atoms with Crippen molar-refractivity contribution in [3.63, 3.8) is 0 Å². The molecule has 0 saturated heterocycles. The lowest BCUT2D eigenvalue weighted by atomic mass is 10.3. The van der Waals surface area contributed by atoms with Crippen LogP contribution in [0.4, 0.5) is 11.5 Å². The minimum Gasteiger partial charge on any atom is -0.289 e. The van der Waals surface area contributed by atoms with E-state index in [1.54, 1.807) is 6.34 Å². The first-order valence-electron chi connectivity index (χ1n) is 3.23. The van der Waals surface area contributed by atoms with Crippen LogP contribution < -0.4 is 10.9 Å². The molecule has 2 N–H and O–H groups in total. The summed E-state index contributed by atoms with van der Waals surface area (Å²) in [6.45, 7) is 1.89. The molecular weight excluding hydrogens is 142 g/mol. The van der Waals surface area contributed by atoms with E-state index in [1.807, 2.05) is 6.92 Å². The molecule has 0 atom stereocenters. The van der Waals surface area contributed by atoms with Gasteiger partial charge in [-0.1, -0.05) is 0 Å². The Balaban J connectivity index is 2.60. The van der Waals surface area contributed by atoms with Crippen LogP contribution in [0, 0.1) is 6.92 Å². The van der Waals surface area contributed by atoms with Gasteiger partial charge in [0.05, 0.1) is 5.69 Å². The lowest BCUT2D eigenvalue weighted by molar-refractivity contribution is 1.02. The van der Waals surface area contributed by atoms with Crippen LogP contribution in [0.25, 0.3) is 0 Å². The summed E-state index contributed by atoms with van der Waals surface area (Å²) >= 11 is 0. The zero-order valence-corrected chi connectivity index (χ0v) is 6.00. The van der Waals surface area contributed by atoms with E-state index < -0.39 is 0 Å². The summed E-state index contributed by atoms with van der Waals surface area (Å²) < 4.78 is 0. The highest BCUT2D eigenvalue weighted by Gasteiger charge is 2.07. The zero-order valence-electron chi connectivity index (χ0n) is 6.00. The van der Waals surface area contributed by atoms with Crippen LogP contribution in [0.15, 0.2) is 11.3 Å². The topological polar surface area (TPSA) is 62.2 Å². The minimum absolute atomic E-state index is 0.722. The SMILES string of the molecule is Cc1ncnc2c1N=CNN2. The number of nitrogens with one attached hydrogen (secondary N) is 2. The maximum absolute atomic E-state index is 4.07. The van der Waals surface area contributed by atoms with Gasteiger partial charge >= 0.3 is 0 Å². The Morgan fingerprint density at radius 3 is 3.09 bits per heavy atom. The standard InChI is InChI=1S/C6H7N5/c1-4-5-6(9-2-7-4)11-10-3-8-5/h2-3H,1H3,(H,8,10)(H,7,9,11). The summed E-state index contributed by atoms with van der Waals surface area (Å²) in [6.07, 6.45) is 3.07. The molecule has 2 heterocycles. The van der Waals surface area contributed by atoms with E-state index >= 15 is 0 Å². The zero-order chi connectivity index (χ0) is 7.68. The second kappa shape index (κ2) is 2.19. The molecule has 1 aliphatic rings. The Hall–Kier alpha value is -1.65. The van der Waals surface area contributed by atoms with E-state index in [1.165, 1.54) is 6.33 Å². The van der Waals surface area contributed by atoms with Gasteiger partial charge in [0.15, 0.2) is 5.82 Å². The number of hydrogen-bond acceptors (Lipinski definition) is 5. The van der Waals surface area contributed by atoms with Crippen molar-refractivity contribution in [2.75, 3.05) is 5.43 Å². The molecule has 0 amide bonds. The van der Waals surface area contributed by atoms with E-state index in [2.05, 4.69) is 25.8 Å². The fourth-order valence-corrected chi connectivity index (χ4v) is 0.910. The maximum Gasteiger partial charge on any atom is 0.174 e. The molecule has 0 bridgehead atoms. The number of anilines is 1. The Labute approximate surface area is 63.6 Å². The van der Waals surface area contributed by atoms with Crippen LogP contribution in [0.3, 0.4) is 0 Å². The van der Waals surface area contributed by atoms with Crippen LogP contribution in [0.2, 0.25) is 0 Å². The lowest BCUT2D eigenvalue weighted by Crippen LogP contribution is -2.23. The van der Waals surface area contributed by atoms with E-state index in [0.29, 0.717) is 0 Å². The Kier molecular flexibility index (Phi) is 1.21. The molecule has 0 unspecified atom stereocenters. The molecule has 2 rings (SSSR count). The predicted octanol–water partition coefficient (Wildman–Crippen LogP) is 0.375. The summed E-state index contributed by atoms with van der Waals surface area (Å²) in [6, 6.07) is 0. The molecule has 1 aromatic heterocycles. The summed E-state index contributed by atoms with van der Waals surface area (Å²) in [5, 5.41) is 0. The number of aromatic nitrogens is 2. The third kappa shape index (κ3) is 0.899. The van der Waals surface area contributed by atoms with Gasteiger partial charge in [-0.05, 0) is 6.92 Å². The van der Waals surface area contributed by atoms with E-state index in [-0.39, 0.29) is 0 Å². The largest absolute Gasteiger partial charge is 0.289 e. The Bertz CT molecular complexity index is 306. The van der Waals surface area contributed by atoms with E-state index in [4.69, 9.17) is 0 Å². The van der Waals surface area contributed by atoms with Crippen LogP contribution in [-0.4, -0.2) is 16.3 Å². The molecule has 0 spiro atoms. The number of nitrogens with zero attached hydrogens (tertiary/aromatic N) is 3. The van der Waals surface area contributed by atoms with Crippen LogP contribution in [-0.2, 0) is 0 Å². The highest BCUT2D eigenvalue weighted by molar-refractivity contribution is 5.75. The first-order chi connectivity index (χ1) is 5.38. The lowest BCUT2D eigenvalue weighted by Gasteiger charge is -2.12. The van der Waals surface area contributed by atoms with E-state index in [9.17, 15) is 0 Å². The van der Waals surface area contributed by atoms with Crippen molar-refractivity contribution in [1.82, 2.24) is 15.4 Å². The highest BCUT2D eigenvalue weighted by atomic mass is 15.4. The van der Waals surface area contributed by atoms with Crippen molar-refractivity contribution in [3.05, 3.63) is 12.0 Å². The quantitative estimate of drug-likeness (QED) is 0.559. The molecule has 1 aromatic rings. The first-order valence-corrected chi connectivity index (χ1v) is 3.23. The molecule has 5 nitrogen and oxygen atoms in total. The molecule has 11 heavy (non-hydrogen) atoms. The molecule has 0 radical (unpaired) electrons. The molecular formula is C6H7N5. The number of rotatable bonds is 0. The fourth-order valence-electron chi connectivity index (χ4n) is 0.910. The summed E-state index contributed by atoms with van der Waals surface area (Å²) in [5.74, 6) is 0.722. The van der Waals surface area contributed by atoms with Crippen molar-refractivity contribution < 1.29 is 0 Å². The number of aliphatic imine (C=N–C) groups is 1. The normalized spacial score (nSPS) is 13.2. The van der Waals surface area contributed by atoms with Crippen molar-refractivity contribution in [2.24, 2.45) is 4.99 Å². The molecule has 1 aliphatic heterocycles. The molecule has 0 fully saturated rings. The average Bonchev–Trinajstić information content (AvgIpc) is 2.06. The first kappa shape index (κ1) is 6.09. The van der Waals surface area contributed by atoms with Gasteiger partial charge < -0.3 is 0 Å². The van der Waals surface area contributed by atoms with Gasteiger partial charge in [-0.3, -0.25) is 10.9 Å². The number of aryl methyl sites for hydroxylation is 1. The molecule has 0 aliphatic carbocycles. The van der Waals surface area contributed by atoms with Gasteiger partial charge in [0.1, 0.15) is 18.4 Å². The summed E-state index contributed by atoms with van der Waals surface area (Å²) in [4.78, 5) is 12.1. The van der Waals surface area contributed by atoms with Gasteiger partial charge in [-0.25, -0.2) is 15.0 Å². The van der Waals surface area contributed by atoms with Gasteiger partial charge in [-0.15, -0.1) is 0 Å². The smallest absolute Gasteiger partial charge is 0.174 e. The third-order valence-corrected chi connectivity index (χ3v) is 1.45. The van der Waals surface area contributed by atoms with Crippen LogP contribution >= 0.6 is 0 Å². The van der Waals surface area contributed by atoms with Crippen LogP contribution in [0.5, 0.6) is 0 Å². The fraction of sp³-hybridized carbons (Fsp3) is 0.167. The number of hydrogen-bond donors (Lipinski definition) is 2. The molecule has 0 aromatic carbocycles. The van der Waals surface area contributed by atoms with Crippen LogP contribution in [0.1, 0.15) is 5.69 Å². The van der Waals surface area contributed by atoms with Gasteiger partial charge in [0.25, 0.3) is 0 Å². The molecule has 0 saturated carbocycles. The monoisotopic (exact) mass is 149 g/mol. The maximum atomic E-state index is 4.07. The van der Waals surface area contributed by atoms with Crippen molar-refractivity contribution >= 4 is 17.8 Å². The number of hydrazine groups is 1. The summed E-state index contributed by atoms with van der Waals surface area (Å²) in [5.41, 5.74) is 7.26. The molecule has 56 valence electrons. The van der Waals surface area contributed by atoms with Crippen molar-refractivity contribution in [2.45, 2.75) is 6.92 Å².